The van der Waals surface area contributed by atoms with Gasteiger partial charge in [0.2, 0.25) is 0 Å². The Morgan fingerprint density at radius 2 is 1.95 bits per heavy atom. The van der Waals surface area contributed by atoms with Gasteiger partial charge in [-0.15, -0.1) is 11.6 Å². The van der Waals surface area contributed by atoms with Gasteiger partial charge in [0.05, 0.1) is 22.6 Å². The van der Waals surface area contributed by atoms with Gasteiger partial charge in [0.1, 0.15) is 0 Å². The van der Waals surface area contributed by atoms with Gasteiger partial charge >= 0.3 is 0 Å². The molecular formula is C16H17ClN2. The molecule has 0 radical (unpaired) electrons. The Hall–Kier alpha value is -1.72. The molecule has 0 aliphatic rings. The summed E-state index contributed by atoms with van der Waals surface area (Å²) in [6.45, 7) is 4.05. The van der Waals surface area contributed by atoms with E-state index < -0.39 is 0 Å². The molecule has 1 heterocycles. The van der Waals surface area contributed by atoms with Crippen LogP contribution in [0.5, 0.6) is 0 Å². The molecule has 0 aliphatic carbocycles. The highest BCUT2D eigenvalue weighted by Crippen LogP contribution is 2.16. The maximum atomic E-state index is 5.65. The summed E-state index contributed by atoms with van der Waals surface area (Å²) in [6.07, 6.45) is 1.76. The predicted molar refractivity (Wildman–Crippen MR) is 79.9 cm³/mol. The highest BCUT2D eigenvalue weighted by Gasteiger charge is 2.10. The molecule has 2 nitrogen and oxygen atoms in total. The molecule has 19 heavy (non-hydrogen) atoms. The van der Waals surface area contributed by atoms with Gasteiger partial charge in [-0.05, 0) is 32.4 Å². The fraction of sp³-hybridized carbons (Fsp3) is 0.312. The number of rotatable bonds is 3. The Morgan fingerprint density at radius 3 is 2.63 bits per heavy atom. The van der Waals surface area contributed by atoms with Crippen LogP contribution in [-0.2, 0) is 0 Å². The van der Waals surface area contributed by atoms with Gasteiger partial charge in [-0.25, -0.2) is 4.68 Å². The molecule has 98 valence electrons. The first-order chi connectivity index (χ1) is 9.24. The molecule has 0 N–H and O–H groups in total. The SMILES string of the molecule is Cc1nn(-c2ccccc2)c(C)c1C#CCCCCl. The van der Waals surface area contributed by atoms with Gasteiger partial charge in [-0.3, -0.25) is 0 Å². The summed E-state index contributed by atoms with van der Waals surface area (Å²) in [5, 5.41) is 4.57. The molecule has 1 aromatic carbocycles. The van der Waals surface area contributed by atoms with Crippen molar-refractivity contribution in [1.29, 1.82) is 0 Å². The molecule has 0 amide bonds. The van der Waals surface area contributed by atoms with Crippen LogP contribution in [0, 0.1) is 25.7 Å². The number of hydrogen-bond donors (Lipinski definition) is 0. The largest absolute Gasteiger partial charge is 0.237 e. The predicted octanol–water partition coefficient (Wildman–Crippen LogP) is 3.86. The first-order valence-electron chi connectivity index (χ1n) is 6.40. The van der Waals surface area contributed by atoms with Gasteiger partial charge in [0.15, 0.2) is 0 Å². The fourth-order valence-corrected chi connectivity index (χ4v) is 2.08. The third-order valence-corrected chi connectivity index (χ3v) is 3.21. The molecule has 0 unspecified atom stereocenters. The van der Waals surface area contributed by atoms with E-state index >= 15 is 0 Å². The molecule has 0 fully saturated rings. The fourth-order valence-electron chi connectivity index (χ4n) is 1.95. The molecule has 0 saturated carbocycles. The maximum Gasteiger partial charge on any atom is 0.0757 e. The molecule has 2 rings (SSSR count). The van der Waals surface area contributed by atoms with Crippen LogP contribution >= 0.6 is 11.6 Å². The maximum absolute atomic E-state index is 5.65. The minimum atomic E-state index is 0.663. The number of benzene rings is 1. The minimum Gasteiger partial charge on any atom is -0.237 e. The number of aromatic nitrogens is 2. The molecule has 3 heteroatoms. The summed E-state index contributed by atoms with van der Waals surface area (Å²) < 4.78 is 1.95. The van der Waals surface area contributed by atoms with E-state index in [0.717, 1.165) is 35.5 Å². The summed E-state index contributed by atoms with van der Waals surface area (Å²) in [5.41, 5.74) is 4.15. The van der Waals surface area contributed by atoms with Crippen LogP contribution < -0.4 is 0 Å². The Kier molecular flexibility index (Phi) is 4.65. The highest BCUT2D eigenvalue weighted by molar-refractivity contribution is 6.17. The van der Waals surface area contributed by atoms with Crippen molar-refractivity contribution in [3.05, 3.63) is 47.3 Å². The third-order valence-electron chi connectivity index (χ3n) is 2.94. The van der Waals surface area contributed by atoms with Crippen molar-refractivity contribution >= 4 is 11.6 Å². The van der Waals surface area contributed by atoms with Crippen LogP contribution in [0.25, 0.3) is 5.69 Å². The smallest absolute Gasteiger partial charge is 0.0757 e. The molecule has 0 atom stereocenters. The zero-order valence-electron chi connectivity index (χ0n) is 11.3. The summed E-state index contributed by atoms with van der Waals surface area (Å²) in [6, 6.07) is 10.1. The van der Waals surface area contributed by atoms with E-state index in [1.165, 1.54) is 0 Å². The third kappa shape index (κ3) is 3.19. The Morgan fingerprint density at radius 1 is 1.21 bits per heavy atom. The molecule has 2 aromatic rings. The zero-order valence-corrected chi connectivity index (χ0v) is 12.0. The standard InChI is InChI=1S/C16H17ClN2/c1-13-16(11-7-4-8-12-17)14(2)19(18-13)15-9-5-3-6-10-15/h3,5-6,9-10H,4,8,12H2,1-2H3. The Labute approximate surface area is 119 Å². The van der Waals surface area contributed by atoms with Crippen LogP contribution in [0.2, 0.25) is 0 Å². The van der Waals surface area contributed by atoms with Crippen molar-refractivity contribution in [3.63, 3.8) is 0 Å². The lowest BCUT2D eigenvalue weighted by Gasteiger charge is -2.03. The van der Waals surface area contributed by atoms with Crippen molar-refractivity contribution in [2.75, 3.05) is 5.88 Å². The average Bonchev–Trinajstić information content (AvgIpc) is 2.72. The number of hydrogen-bond acceptors (Lipinski definition) is 1. The second kappa shape index (κ2) is 6.45. The number of para-hydroxylation sites is 1. The minimum absolute atomic E-state index is 0.663. The van der Waals surface area contributed by atoms with Gasteiger partial charge in [0.25, 0.3) is 0 Å². The second-order valence-corrected chi connectivity index (χ2v) is 4.77. The lowest BCUT2D eigenvalue weighted by atomic mass is 10.2. The summed E-state index contributed by atoms with van der Waals surface area (Å²) >= 11 is 5.65. The quantitative estimate of drug-likeness (QED) is 0.471. The molecule has 1 aromatic heterocycles. The number of aryl methyl sites for hydroxylation is 1. The molecule has 0 bridgehead atoms. The first kappa shape index (κ1) is 13.7. The van der Waals surface area contributed by atoms with E-state index in [4.69, 9.17) is 11.6 Å². The van der Waals surface area contributed by atoms with Crippen molar-refractivity contribution in [2.45, 2.75) is 26.7 Å². The van der Waals surface area contributed by atoms with Gasteiger partial charge < -0.3 is 0 Å². The Balaban J connectivity index is 2.32. The van der Waals surface area contributed by atoms with Crippen molar-refractivity contribution in [1.82, 2.24) is 9.78 Å². The van der Waals surface area contributed by atoms with Crippen LogP contribution in [-0.4, -0.2) is 15.7 Å². The van der Waals surface area contributed by atoms with Crippen molar-refractivity contribution in [2.24, 2.45) is 0 Å². The number of alkyl halides is 1. The molecule has 0 spiro atoms. The zero-order chi connectivity index (χ0) is 13.7. The normalized spacial score (nSPS) is 10.1. The van der Waals surface area contributed by atoms with E-state index in [9.17, 15) is 0 Å². The van der Waals surface area contributed by atoms with Crippen molar-refractivity contribution in [3.8, 4) is 17.5 Å². The van der Waals surface area contributed by atoms with E-state index in [2.05, 4.69) is 23.9 Å². The summed E-state index contributed by atoms with van der Waals surface area (Å²) in [7, 11) is 0. The monoisotopic (exact) mass is 272 g/mol. The van der Waals surface area contributed by atoms with Crippen LogP contribution in [0.15, 0.2) is 30.3 Å². The number of halogens is 1. The summed E-state index contributed by atoms with van der Waals surface area (Å²) in [4.78, 5) is 0. The Bertz CT molecular complexity index is 603. The van der Waals surface area contributed by atoms with E-state index in [1.807, 2.05) is 41.9 Å². The van der Waals surface area contributed by atoms with Gasteiger partial charge in [-0.1, -0.05) is 30.0 Å². The van der Waals surface area contributed by atoms with E-state index in [0.29, 0.717) is 5.88 Å². The van der Waals surface area contributed by atoms with Crippen LogP contribution in [0.1, 0.15) is 29.8 Å². The van der Waals surface area contributed by atoms with Crippen LogP contribution in [0.4, 0.5) is 0 Å². The van der Waals surface area contributed by atoms with Gasteiger partial charge in [0, 0.05) is 12.3 Å². The number of unbranched alkanes of at least 4 members (excludes halogenated alkanes) is 1. The van der Waals surface area contributed by atoms with Crippen molar-refractivity contribution < 1.29 is 0 Å². The number of nitrogens with zero attached hydrogens (tertiary/aromatic N) is 2. The second-order valence-electron chi connectivity index (χ2n) is 4.39. The summed E-state index contributed by atoms with van der Waals surface area (Å²) in [5.74, 6) is 7.04. The lowest BCUT2D eigenvalue weighted by molar-refractivity contribution is 0.833. The topological polar surface area (TPSA) is 17.8 Å². The first-order valence-corrected chi connectivity index (χ1v) is 6.94. The lowest BCUT2D eigenvalue weighted by Crippen LogP contribution is -1.98. The van der Waals surface area contributed by atoms with E-state index in [1.54, 1.807) is 0 Å². The molecular weight excluding hydrogens is 256 g/mol. The van der Waals surface area contributed by atoms with E-state index in [-0.39, 0.29) is 0 Å². The van der Waals surface area contributed by atoms with Crippen LogP contribution in [0.3, 0.4) is 0 Å². The van der Waals surface area contributed by atoms with Gasteiger partial charge in [-0.2, -0.15) is 5.10 Å². The molecule has 0 saturated heterocycles. The average molecular weight is 273 g/mol. The molecule has 0 aliphatic heterocycles. The highest BCUT2D eigenvalue weighted by atomic mass is 35.5.